The van der Waals surface area contributed by atoms with Crippen molar-refractivity contribution >= 4 is 28.7 Å². The fourth-order valence-corrected chi connectivity index (χ4v) is 4.44. The largest absolute Gasteiger partial charge is 0.416 e. The molecule has 11 heteroatoms. The van der Waals surface area contributed by atoms with E-state index in [1.165, 1.54) is 37.3 Å². The van der Waals surface area contributed by atoms with Crippen LogP contribution in [0.4, 0.5) is 18.9 Å². The molecule has 34 heavy (non-hydrogen) atoms. The zero-order valence-electron chi connectivity index (χ0n) is 17.9. The van der Waals surface area contributed by atoms with Crippen LogP contribution < -0.4 is 16.6 Å². The van der Waals surface area contributed by atoms with E-state index in [4.69, 9.17) is 5.73 Å². The standard InChI is InChI=1S/C23H20F3N3O4S/c1-14-20(34(33)18-8-6-16(27)7-9-18)13-19(21(31)28-10-3-11-30)22(32)29(14)17-5-2-4-15(12-17)23(24,25)26/h2,4-9,11-13H,3,10,27H2,1H3,(H,28,31). The molecule has 1 atom stereocenters. The number of aromatic nitrogens is 1. The Morgan fingerprint density at radius 3 is 2.44 bits per heavy atom. The van der Waals surface area contributed by atoms with E-state index in [1.807, 2.05) is 0 Å². The van der Waals surface area contributed by atoms with Gasteiger partial charge in [-0.1, -0.05) is 6.07 Å². The predicted octanol–water partition coefficient (Wildman–Crippen LogP) is 3.23. The normalized spacial score (nSPS) is 12.2. The van der Waals surface area contributed by atoms with Crippen LogP contribution in [-0.4, -0.2) is 27.5 Å². The maximum atomic E-state index is 13.3. The summed E-state index contributed by atoms with van der Waals surface area (Å²) in [4.78, 5) is 36.8. The van der Waals surface area contributed by atoms with Crippen molar-refractivity contribution in [3.05, 3.63) is 81.8 Å². The smallest absolute Gasteiger partial charge is 0.399 e. The molecule has 1 amide bonds. The number of carbonyl (C=O) groups is 2. The van der Waals surface area contributed by atoms with Crippen LogP contribution in [0.1, 0.15) is 28.0 Å². The molecule has 0 bridgehead atoms. The van der Waals surface area contributed by atoms with Gasteiger partial charge in [0, 0.05) is 34.9 Å². The van der Waals surface area contributed by atoms with Gasteiger partial charge in [-0.25, -0.2) is 4.21 Å². The maximum absolute atomic E-state index is 13.3. The minimum atomic E-state index is -4.66. The third kappa shape index (κ3) is 5.25. The number of hydrogen-bond acceptors (Lipinski definition) is 5. The highest BCUT2D eigenvalue weighted by Crippen LogP contribution is 2.31. The second kappa shape index (κ2) is 10.0. The summed E-state index contributed by atoms with van der Waals surface area (Å²) in [6.07, 6.45) is -4.07. The van der Waals surface area contributed by atoms with Gasteiger partial charge in [0.15, 0.2) is 0 Å². The lowest BCUT2D eigenvalue weighted by Gasteiger charge is -2.17. The second-order valence-corrected chi connectivity index (χ2v) is 8.69. The summed E-state index contributed by atoms with van der Waals surface area (Å²) in [7, 11) is -1.89. The van der Waals surface area contributed by atoms with Gasteiger partial charge in [0.25, 0.3) is 11.5 Å². The van der Waals surface area contributed by atoms with E-state index < -0.39 is 39.6 Å². The summed E-state index contributed by atoms with van der Waals surface area (Å²) >= 11 is 0. The first kappa shape index (κ1) is 24.9. The molecule has 0 fully saturated rings. The van der Waals surface area contributed by atoms with Gasteiger partial charge in [-0.05, 0) is 55.5 Å². The number of rotatable bonds is 7. The molecule has 0 aliphatic carbocycles. The van der Waals surface area contributed by atoms with Gasteiger partial charge in [-0.2, -0.15) is 13.2 Å². The lowest BCUT2D eigenvalue weighted by atomic mass is 10.1. The van der Waals surface area contributed by atoms with Gasteiger partial charge in [-0.3, -0.25) is 14.2 Å². The molecule has 7 nitrogen and oxygen atoms in total. The van der Waals surface area contributed by atoms with Gasteiger partial charge in [0.1, 0.15) is 11.8 Å². The first-order valence-electron chi connectivity index (χ1n) is 9.98. The fraction of sp³-hybridized carbons (Fsp3) is 0.174. The van der Waals surface area contributed by atoms with Crippen LogP contribution in [0.5, 0.6) is 0 Å². The van der Waals surface area contributed by atoms with Crippen LogP contribution in [0.2, 0.25) is 0 Å². The first-order chi connectivity index (χ1) is 16.0. The van der Waals surface area contributed by atoms with Gasteiger partial charge in [0.2, 0.25) is 0 Å². The van der Waals surface area contributed by atoms with Crippen molar-refractivity contribution in [3.63, 3.8) is 0 Å². The molecule has 178 valence electrons. The lowest BCUT2D eigenvalue weighted by Crippen LogP contribution is -2.34. The van der Waals surface area contributed by atoms with Crippen molar-refractivity contribution in [1.29, 1.82) is 0 Å². The minimum absolute atomic E-state index is 0.00362. The zero-order valence-corrected chi connectivity index (χ0v) is 18.7. The van der Waals surface area contributed by atoms with Crippen molar-refractivity contribution < 1.29 is 27.0 Å². The van der Waals surface area contributed by atoms with E-state index >= 15 is 0 Å². The van der Waals surface area contributed by atoms with E-state index in [-0.39, 0.29) is 29.2 Å². The number of nitrogens with two attached hydrogens (primary N) is 1. The van der Waals surface area contributed by atoms with E-state index in [2.05, 4.69) is 5.32 Å². The molecule has 1 aromatic heterocycles. The topological polar surface area (TPSA) is 111 Å². The third-order valence-corrected chi connectivity index (χ3v) is 6.43. The summed E-state index contributed by atoms with van der Waals surface area (Å²) in [5.74, 6) is -0.844. The molecule has 0 saturated carbocycles. The first-order valence-corrected chi connectivity index (χ1v) is 11.1. The van der Waals surface area contributed by atoms with E-state index in [1.54, 1.807) is 0 Å². The molecule has 3 N–H and O–H groups in total. The number of nitrogen functional groups attached to an aromatic ring is 1. The minimum Gasteiger partial charge on any atom is -0.399 e. The number of amides is 1. The molecule has 2 aromatic carbocycles. The molecule has 1 unspecified atom stereocenters. The summed E-state index contributed by atoms with van der Waals surface area (Å²) in [5.41, 5.74) is 3.76. The number of halogens is 3. The summed E-state index contributed by atoms with van der Waals surface area (Å²) in [5, 5.41) is 2.41. The van der Waals surface area contributed by atoms with Gasteiger partial charge in [-0.15, -0.1) is 0 Å². The fourth-order valence-electron chi connectivity index (χ4n) is 3.22. The SMILES string of the molecule is Cc1c(S(=O)c2ccc(N)cc2)cc(C(=O)NCCC=O)c(=O)n1-c1cccc(C(F)(F)F)c1. The maximum Gasteiger partial charge on any atom is 0.416 e. The number of hydrogen-bond donors (Lipinski definition) is 2. The Kier molecular flexibility index (Phi) is 7.35. The molecule has 0 aliphatic heterocycles. The monoisotopic (exact) mass is 491 g/mol. The molecular formula is C23H20F3N3O4S. The highest BCUT2D eigenvalue weighted by atomic mass is 32.2. The van der Waals surface area contributed by atoms with Gasteiger partial charge in [0.05, 0.1) is 21.3 Å². The van der Waals surface area contributed by atoms with Gasteiger partial charge >= 0.3 is 6.18 Å². The number of benzene rings is 2. The number of nitrogens with one attached hydrogen (secondary N) is 1. The quantitative estimate of drug-likeness (QED) is 0.300. The van der Waals surface area contributed by atoms with Crippen LogP contribution in [0.25, 0.3) is 5.69 Å². The van der Waals surface area contributed by atoms with E-state index in [0.29, 0.717) is 16.9 Å². The number of alkyl halides is 3. The summed E-state index contributed by atoms with van der Waals surface area (Å²) in [6, 6.07) is 11.3. The molecule has 1 heterocycles. The number of anilines is 1. The van der Waals surface area contributed by atoms with Crippen LogP contribution >= 0.6 is 0 Å². The second-order valence-electron chi connectivity index (χ2n) is 7.25. The molecule has 0 radical (unpaired) electrons. The Morgan fingerprint density at radius 2 is 1.82 bits per heavy atom. The Hall–Kier alpha value is -3.73. The highest BCUT2D eigenvalue weighted by molar-refractivity contribution is 7.85. The van der Waals surface area contributed by atoms with Crippen LogP contribution in [-0.2, 0) is 21.8 Å². The van der Waals surface area contributed by atoms with Crippen molar-refractivity contribution in [2.24, 2.45) is 0 Å². The number of nitrogens with zero attached hydrogens (tertiary/aromatic N) is 1. The number of carbonyl (C=O) groups excluding carboxylic acids is 2. The lowest BCUT2D eigenvalue weighted by molar-refractivity contribution is -0.137. The molecule has 0 aliphatic rings. The highest BCUT2D eigenvalue weighted by Gasteiger charge is 2.31. The Morgan fingerprint density at radius 1 is 1.15 bits per heavy atom. The van der Waals surface area contributed by atoms with Crippen molar-refractivity contribution in [2.75, 3.05) is 12.3 Å². The van der Waals surface area contributed by atoms with Gasteiger partial charge < -0.3 is 15.8 Å². The molecule has 3 rings (SSSR count). The number of aldehydes is 1. The molecular weight excluding hydrogens is 471 g/mol. The van der Waals surface area contributed by atoms with E-state index in [0.717, 1.165) is 28.8 Å². The Balaban J connectivity index is 2.24. The van der Waals surface area contributed by atoms with Crippen LogP contribution in [0.3, 0.4) is 0 Å². The molecule has 0 saturated heterocycles. The Labute approximate surface area is 194 Å². The molecule has 0 spiro atoms. The zero-order chi connectivity index (χ0) is 25.0. The number of pyridine rings is 1. The summed E-state index contributed by atoms with van der Waals surface area (Å²) < 4.78 is 54.1. The average Bonchev–Trinajstić information content (AvgIpc) is 2.79. The Bertz CT molecular complexity index is 1320. The van der Waals surface area contributed by atoms with Crippen LogP contribution in [0, 0.1) is 6.92 Å². The third-order valence-electron chi connectivity index (χ3n) is 4.92. The predicted molar refractivity (Wildman–Crippen MR) is 120 cm³/mol. The summed E-state index contributed by atoms with van der Waals surface area (Å²) in [6.45, 7) is 1.38. The average molecular weight is 491 g/mol. The van der Waals surface area contributed by atoms with Crippen molar-refractivity contribution in [1.82, 2.24) is 9.88 Å². The molecule has 3 aromatic rings. The van der Waals surface area contributed by atoms with Crippen molar-refractivity contribution in [3.8, 4) is 5.69 Å². The van der Waals surface area contributed by atoms with Crippen molar-refractivity contribution in [2.45, 2.75) is 29.3 Å². The van der Waals surface area contributed by atoms with Crippen LogP contribution in [0.15, 0.2) is 69.2 Å². The van der Waals surface area contributed by atoms with E-state index in [9.17, 15) is 31.8 Å².